The molecule has 0 fully saturated rings. The van der Waals surface area contributed by atoms with Gasteiger partial charge in [-0.1, -0.05) is 15.9 Å². The van der Waals surface area contributed by atoms with Gasteiger partial charge in [-0.25, -0.2) is 9.07 Å². The number of aryl methyl sites for hydroxylation is 1. The highest BCUT2D eigenvalue weighted by Gasteiger charge is 2.24. The van der Waals surface area contributed by atoms with Crippen molar-refractivity contribution >= 4 is 21.6 Å². The number of rotatable bonds is 2. The Balaban J connectivity index is 1.75. The molecule has 2 heterocycles. The van der Waals surface area contributed by atoms with Crippen molar-refractivity contribution in [2.45, 2.75) is 19.9 Å². The third-order valence-corrected chi connectivity index (χ3v) is 5.30. The van der Waals surface area contributed by atoms with E-state index in [0.29, 0.717) is 5.69 Å². The van der Waals surface area contributed by atoms with E-state index in [1.165, 1.54) is 11.6 Å². The van der Waals surface area contributed by atoms with E-state index in [-0.39, 0.29) is 5.56 Å². The number of anilines is 1. The molecule has 0 radical (unpaired) electrons. The fraction of sp³-hybridized carbons (Fsp3) is 0.200. The van der Waals surface area contributed by atoms with Gasteiger partial charge in [-0.05, 0) is 55.8 Å². The van der Waals surface area contributed by atoms with E-state index >= 15 is 0 Å². The first-order chi connectivity index (χ1) is 12.6. The molecule has 0 amide bonds. The molecule has 0 spiro atoms. The van der Waals surface area contributed by atoms with E-state index in [0.717, 1.165) is 41.1 Å². The summed E-state index contributed by atoms with van der Waals surface area (Å²) in [4.78, 5) is 2.31. The average molecular weight is 411 g/mol. The van der Waals surface area contributed by atoms with Gasteiger partial charge in [0, 0.05) is 22.3 Å². The van der Waals surface area contributed by atoms with Crippen LogP contribution in [0, 0.1) is 24.1 Å². The maximum absolute atomic E-state index is 13.7. The lowest BCUT2D eigenvalue weighted by Crippen LogP contribution is -2.31. The van der Waals surface area contributed by atoms with E-state index in [9.17, 15) is 4.39 Å². The molecular weight excluding hydrogens is 395 g/mol. The Morgan fingerprint density at radius 3 is 2.62 bits per heavy atom. The lowest BCUT2D eigenvalue weighted by atomic mass is 10.0. The SMILES string of the molecule is Cc1nn(-c2ccc(F)c(C#N)c2)c2c1CCN(c1ccc(Br)cc1)C2. The Bertz CT molecular complexity index is 1020. The summed E-state index contributed by atoms with van der Waals surface area (Å²) < 4.78 is 16.6. The molecule has 0 atom stereocenters. The zero-order valence-electron chi connectivity index (χ0n) is 14.2. The number of hydrogen-bond donors (Lipinski definition) is 0. The molecule has 1 aromatic heterocycles. The van der Waals surface area contributed by atoms with Gasteiger partial charge in [0.2, 0.25) is 0 Å². The van der Waals surface area contributed by atoms with E-state index in [2.05, 4.69) is 38.1 Å². The number of fused-ring (bicyclic) bond motifs is 1. The number of hydrogen-bond acceptors (Lipinski definition) is 3. The van der Waals surface area contributed by atoms with Gasteiger partial charge in [0.05, 0.1) is 29.2 Å². The van der Waals surface area contributed by atoms with Gasteiger partial charge < -0.3 is 4.90 Å². The minimum absolute atomic E-state index is 0.0324. The lowest BCUT2D eigenvalue weighted by molar-refractivity contribution is 0.622. The van der Waals surface area contributed by atoms with Crippen LogP contribution < -0.4 is 4.90 Å². The Hall–Kier alpha value is -2.65. The molecule has 0 N–H and O–H groups in total. The second-order valence-corrected chi connectivity index (χ2v) is 7.26. The summed E-state index contributed by atoms with van der Waals surface area (Å²) in [7, 11) is 0. The zero-order chi connectivity index (χ0) is 18.3. The van der Waals surface area contributed by atoms with Gasteiger partial charge in [-0.15, -0.1) is 0 Å². The third kappa shape index (κ3) is 2.89. The molecule has 0 aliphatic carbocycles. The first-order valence-corrected chi connectivity index (χ1v) is 9.14. The Kier molecular flexibility index (Phi) is 4.25. The van der Waals surface area contributed by atoms with Crippen LogP contribution in [0.15, 0.2) is 46.9 Å². The quantitative estimate of drug-likeness (QED) is 0.623. The van der Waals surface area contributed by atoms with Crippen LogP contribution in [-0.4, -0.2) is 16.3 Å². The van der Waals surface area contributed by atoms with Gasteiger partial charge in [0.1, 0.15) is 11.9 Å². The Labute approximate surface area is 159 Å². The maximum atomic E-state index is 13.7. The van der Waals surface area contributed by atoms with Crippen molar-refractivity contribution in [3.8, 4) is 11.8 Å². The summed E-state index contributed by atoms with van der Waals surface area (Å²) in [6, 6.07) is 14.7. The van der Waals surface area contributed by atoms with Crippen LogP contribution in [0.4, 0.5) is 10.1 Å². The zero-order valence-corrected chi connectivity index (χ0v) is 15.8. The molecule has 4 nitrogen and oxygen atoms in total. The van der Waals surface area contributed by atoms with Crippen LogP contribution in [0.1, 0.15) is 22.5 Å². The van der Waals surface area contributed by atoms with E-state index in [4.69, 9.17) is 5.26 Å². The molecule has 2 aromatic carbocycles. The first-order valence-electron chi connectivity index (χ1n) is 8.34. The highest BCUT2D eigenvalue weighted by molar-refractivity contribution is 9.10. The standard InChI is InChI=1S/C20H16BrFN4/c1-13-18-8-9-25(16-4-2-15(21)3-5-16)12-20(18)26(24-13)17-6-7-19(22)14(10-17)11-23/h2-7,10H,8-9,12H2,1H3. The second kappa shape index (κ2) is 6.58. The van der Waals surface area contributed by atoms with Crippen LogP contribution in [0.2, 0.25) is 0 Å². The van der Waals surface area contributed by atoms with Crippen molar-refractivity contribution in [3.05, 3.63) is 75.3 Å². The molecule has 130 valence electrons. The van der Waals surface area contributed by atoms with Gasteiger partial charge in [-0.2, -0.15) is 10.4 Å². The molecule has 0 saturated carbocycles. The minimum Gasteiger partial charge on any atom is -0.365 e. The van der Waals surface area contributed by atoms with Gasteiger partial charge in [0.25, 0.3) is 0 Å². The van der Waals surface area contributed by atoms with Crippen molar-refractivity contribution in [2.24, 2.45) is 0 Å². The van der Waals surface area contributed by atoms with Gasteiger partial charge >= 0.3 is 0 Å². The molecule has 0 unspecified atom stereocenters. The molecule has 0 bridgehead atoms. The summed E-state index contributed by atoms with van der Waals surface area (Å²) >= 11 is 3.47. The predicted octanol–water partition coefficient (Wildman–Crippen LogP) is 4.52. The van der Waals surface area contributed by atoms with Crippen LogP contribution in [0.5, 0.6) is 0 Å². The summed E-state index contributed by atoms with van der Waals surface area (Å²) in [6.07, 6.45) is 0.906. The van der Waals surface area contributed by atoms with Crippen molar-refractivity contribution in [3.63, 3.8) is 0 Å². The third-order valence-electron chi connectivity index (χ3n) is 4.77. The Morgan fingerprint density at radius 2 is 1.88 bits per heavy atom. The topological polar surface area (TPSA) is 44.9 Å². The first kappa shape index (κ1) is 16.8. The van der Waals surface area contributed by atoms with Crippen LogP contribution in [0.25, 0.3) is 5.69 Å². The molecule has 1 aliphatic rings. The normalized spacial score (nSPS) is 13.4. The second-order valence-electron chi connectivity index (χ2n) is 6.35. The number of benzene rings is 2. The lowest BCUT2D eigenvalue weighted by Gasteiger charge is -2.30. The summed E-state index contributed by atoms with van der Waals surface area (Å²) in [6.45, 7) is 3.64. The fourth-order valence-corrected chi connectivity index (χ4v) is 3.68. The molecule has 0 saturated heterocycles. The molecule has 26 heavy (non-hydrogen) atoms. The number of aromatic nitrogens is 2. The van der Waals surface area contributed by atoms with Crippen LogP contribution in [-0.2, 0) is 13.0 Å². The van der Waals surface area contributed by atoms with Crippen molar-refractivity contribution < 1.29 is 4.39 Å². The summed E-state index contributed by atoms with van der Waals surface area (Å²) in [5, 5.41) is 13.8. The molecule has 3 aromatic rings. The number of nitrogens with zero attached hydrogens (tertiary/aromatic N) is 4. The maximum Gasteiger partial charge on any atom is 0.141 e. The highest BCUT2D eigenvalue weighted by atomic mass is 79.9. The number of halogens is 2. The van der Waals surface area contributed by atoms with Crippen molar-refractivity contribution in [1.29, 1.82) is 5.26 Å². The molecule has 6 heteroatoms. The van der Waals surface area contributed by atoms with E-state index in [1.54, 1.807) is 12.1 Å². The summed E-state index contributed by atoms with van der Waals surface area (Å²) in [5.41, 5.74) is 5.21. The fourth-order valence-electron chi connectivity index (χ4n) is 3.42. The van der Waals surface area contributed by atoms with Gasteiger partial charge in [0.15, 0.2) is 0 Å². The Morgan fingerprint density at radius 1 is 1.15 bits per heavy atom. The van der Waals surface area contributed by atoms with Crippen molar-refractivity contribution in [1.82, 2.24) is 9.78 Å². The largest absolute Gasteiger partial charge is 0.365 e. The van der Waals surface area contributed by atoms with Crippen LogP contribution >= 0.6 is 15.9 Å². The van der Waals surface area contributed by atoms with Crippen molar-refractivity contribution in [2.75, 3.05) is 11.4 Å². The molecule has 4 rings (SSSR count). The monoisotopic (exact) mass is 410 g/mol. The predicted molar refractivity (Wildman–Crippen MR) is 102 cm³/mol. The highest BCUT2D eigenvalue weighted by Crippen LogP contribution is 2.29. The number of nitriles is 1. The van der Waals surface area contributed by atoms with Gasteiger partial charge in [-0.3, -0.25) is 0 Å². The smallest absolute Gasteiger partial charge is 0.141 e. The molecule has 1 aliphatic heterocycles. The molecular formula is C20H16BrFN4. The van der Waals surface area contributed by atoms with Crippen LogP contribution in [0.3, 0.4) is 0 Å². The van der Waals surface area contributed by atoms with E-state index in [1.807, 2.05) is 29.8 Å². The van der Waals surface area contributed by atoms with E-state index < -0.39 is 5.82 Å². The summed E-state index contributed by atoms with van der Waals surface area (Å²) in [5.74, 6) is -0.509. The minimum atomic E-state index is -0.509. The average Bonchev–Trinajstić information content (AvgIpc) is 2.99.